The Morgan fingerprint density at radius 2 is 2.00 bits per heavy atom. The zero-order valence-electron chi connectivity index (χ0n) is 10.2. The Morgan fingerprint density at radius 1 is 1.41 bits per heavy atom. The zero-order chi connectivity index (χ0) is 13.2. The van der Waals surface area contributed by atoms with Crippen molar-refractivity contribution >= 4 is 17.6 Å². The molecule has 0 bridgehead atoms. The second-order valence-electron chi connectivity index (χ2n) is 3.67. The molecule has 0 heterocycles. The number of aliphatic hydroxyl groups excluding tert-OH is 1. The fraction of sp³-hybridized carbons (Fsp3) is 0.417. The lowest BCUT2D eigenvalue weighted by atomic mass is 9.97. The van der Waals surface area contributed by atoms with Gasteiger partial charge in [-0.2, -0.15) is 0 Å². The lowest BCUT2D eigenvalue weighted by molar-refractivity contribution is -0.150. The Morgan fingerprint density at radius 3 is 2.47 bits per heavy atom. The maximum atomic E-state index is 11.3. The van der Waals surface area contributed by atoms with Crippen molar-refractivity contribution in [3.05, 3.63) is 27.8 Å². The van der Waals surface area contributed by atoms with Crippen LogP contribution in [0.3, 0.4) is 0 Å². The van der Waals surface area contributed by atoms with E-state index in [9.17, 15) is 9.90 Å². The average molecular weight is 259 g/mol. The molecule has 0 aliphatic rings. The molecule has 4 nitrogen and oxygen atoms in total. The molecule has 0 saturated heterocycles. The minimum absolute atomic E-state index is 0.385. The summed E-state index contributed by atoms with van der Waals surface area (Å²) in [6.07, 6.45) is -1.33. The van der Waals surface area contributed by atoms with Crippen LogP contribution < -0.4 is 4.74 Å². The van der Waals surface area contributed by atoms with Gasteiger partial charge in [-0.05, 0) is 36.6 Å². The third-order valence-electron chi connectivity index (χ3n) is 2.64. The van der Waals surface area contributed by atoms with E-state index in [2.05, 4.69) is 4.74 Å². The molecule has 0 aliphatic heterocycles. The highest BCUT2D eigenvalue weighted by Crippen LogP contribution is 2.35. The molecule has 1 N–H and O–H groups in total. The molecule has 1 atom stereocenters. The molecule has 94 valence electrons. The van der Waals surface area contributed by atoms with E-state index in [0.717, 1.165) is 5.56 Å². The van der Waals surface area contributed by atoms with Crippen molar-refractivity contribution in [2.45, 2.75) is 20.0 Å². The van der Waals surface area contributed by atoms with Gasteiger partial charge in [-0.1, -0.05) is 11.6 Å². The van der Waals surface area contributed by atoms with Gasteiger partial charge in [0.25, 0.3) is 0 Å². The largest absolute Gasteiger partial charge is 0.495 e. The number of rotatable bonds is 3. The number of methoxy groups -OCH3 is 2. The second-order valence-corrected chi connectivity index (χ2v) is 4.05. The first-order chi connectivity index (χ1) is 7.93. The van der Waals surface area contributed by atoms with Gasteiger partial charge < -0.3 is 14.6 Å². The number of aliphatic hydroxyl groups is 1. The van der Waals surface area contributed by atoms with Crippen LogP contribution in [-0.2, 0) is 9.53 Å². The van der Waals surface area contributed by atoms with Crippen molar-refractivity contribution in [1.82, 2.24) is 0 Å². The van der Waals surface area contributed by atoms with Gasteiger partial charge in [-0.15, -0.1) is 0 Å². The van der Waals surface area contributed by atoms with E-state index < -0.39 is 12.1 Å². The van der Waals surface area contributed by atoms with Crippen LogP contribution in [0.5, 0.6) is 5.75 Å². The third-order valence-corrected chi connectivity index (χ3v) is 3.11. The number of hydrogen-bond acceptors (Lipinski definition) is 4. The molecule has 0 spiro atoms. The predicted octanol–water partition coefficient (Wildman–Crippen LogP) is 2.17. The third kappa shape index (κ3) is 2.53. The van der Waals surface area contributed by atoms with Crippen LogP contribution in [0.2, 0.25) is 5.02 Å². The number of esters is 1. The van der Waals surface area contributed by atoms with E-state index in [4.69, 9.17) is 16.3 Å². The van der Waals surface area contributed by atoms with E-state index >= 15 is 0 Å². The van der Waals surface area contributed by atoms with Crippen LogP contribution in [0, 0.1) is 13.8 Å². The Balaban J connectivity index is 3.35. The second kappa shape index (κ2) is 5.38. The number of aryl methyl sites for hydroxylation is 1. The molecular formula is C12H15ClO4. The summed E-state index contributed by atoms with van der Waals surface area (Å²) in [5, 5.41) is 10.2. The molecule has 17 heavy (non-hydrogen) atoms. The van der Waals surface area contributed by atoms with Crippen LogP contribution in [0.1, 0.15) is 22.8 Å². The fourth-order valence-corrected chi connectivity index (χ4v) is 1.97. The summed E-state index contributed by atoms with van der Waals surface area (Å²) in [5.41, 5.74) is 1.80. The fourth-order valence-electron chi connectivity index (χ4n) is 1.74. The molecule has 5 heteroatoms. The van der Waals surface area contributed by atoms with Gasteiger partial charge >= 0.3 is 5.97 Å². The molecule has 1 rings (SSSR count). The topological polar surface area (TPSA) is 55.8 Å². The first-order valence-electron chi connectivity index (χ1n) is 5.03. The smallest absolute Gasteiger partial charge is 0.339 e. The molecule has 0 radical (unpaired) electrons. The molecule has 0 aliphatic carbocycles. The molecule has 1 unspecified atom stereocenters. The highest BCUT2D eigenvalue weighted by atomic mass is 35.5. The van der Waals surface area contributed by atoms with Crippen molar-refractivity contribution in [2.24, 2.45) is 0 Å². The van der Waals surface area contributed by atoms with Crippen LogP contribution in [0.4, 0.5) is 0 Å². The van der Waals surface area contributed by atoms with Gasteiger partial charge in [-0.3, -0.25) is 0 Å². The van der Waals surface area contributed by atoms with Gasteiger partial charge in [0.15, 0.2) is 6.10 Å². The quantitative estimate of drug-likeness (QED) is 0.845. The zero-order valence-corrected chi connectivity index (χ0v) is 11.0. The molecule has 1 aromatic carbocycles. The van der Waals surface area contributed by atoms with E-state index in [1.54, 1.807) is 19.9 Å². The first kappa shape index (κ1) is 13.8. The van der Waals surface area contributed by atoms with Gasteiger partial charge in [-0.25, -0.2) is 4.79 Å². The number of benzene rings is 1. The molecule has 1 aromatic rings. The van der Waals surface area contributed by atoms with Crippen LogP contribution >= 0.6 is 11.6 Å². The van der Waals surface area contributed by atoms with Crippen LogP contribution in [0.25, 0.3) is 0 Å². The van der Waals surface area contributed by atoms with Gasteiger partial charge in [0.1, 0.15) is 5.75 Å². The maximum Gasteiger partial charge on any atom is 0.339 e. The van der Waals surface area contributed by atoms with Gasteiger partial charge in [0.05, 0.1) is 19.2 Å². The van der Waals surface area contributed by atoms with Crippen molar-refractivity contribution < 1.29 is 19.4 Å². The van der Waals surface area contributed by atoms with Gasteiger partial charge in [0.2, 0.25) is 0 Å². The van der Waals surface area contributed by atoms with Crippen molar-refractivity contribution in [2.75, 3.05) is 14.2 Å². The van der Waals surface area contributed by atoms with E-state index in [1.807, 2.05) is 0 Å². The average Bonchev–Trinajstić information content (AvgIpc) is 2.32. The summed E-state index contributed by atoms with van der Waals surface area (Å²) in [6, 6.07) is 1.68. The Bertz CT molecular complexity index is 443. The Kier molecular flexibility index (Phi) is 4.37. The number of carbonyl (C=O) groups is 1. The normalized spacial score (nSPS) is 12.1. The van der Waals surface area contributed by atoms with Crippen LogP contribution in [0.15, 0.2) is 6.07 Å². The Hall–Kier alpha value is -1.26. The number of halogens is 1. The Labute approximate surface area is 105 Å². The summed E-state index contributed by atoms with van der Waals surface area (Å²) in [7, 11) is 2.73. The van der Waals surface area contributed by atoms with Crippen molar-refractivity contribution in [3.8, 4) is 5.75 Å². The minimum atomic E-state index is -1.33. The molecule has 0 saturated carbocycles. The number of carbonyl (C=O) groups excluding carboxylic acids is 1. The summed E-state index contributed by atoms with van der Waals surface area (Å²) >= 11 is 6.07. The van der Waals surface area contributed by atoms with E-state index in [-0.39, 0.29) is 0 Å². The molecule has 0 fully saturated rings. The molecular weight excluding hydrogens is 244 g/mol. The summed E-state index contributed by atoms with van der Waals surface area (Å²) < 4.78 is 9.61. The highest BCUT2D eigenvalue weighted by molar-refractivity contribution is 6.33. The maximum absolute atomic E-state index is 11.3. The van der Waals surface area contributed by atoms with E-state index in [1.165, 1.54) is 14.2 Å². The van der Waals surface area contributed by atoms with Crippen molar-refractivity contribution in [1.29, 1.82) is 0 Å². The lowest BCUT2D eigenvalue weighted by Gasteiger charge is -2.17. The van der Waals surface area contributed by atoms with Crippen molar-refractivity contribution in [3.63, 3.8) is 0 Å². The summed E-state index contributed by atoms with van der Waals surface area (Å²) in [4.78, 5) is 11.3. The standard InChI is InChI=1S/C12H15ClO4/c1-6-5-8(16-3)10(13)7(2)9(6)11(14)12(15)17-4/h5,11,14H,1-4H3. The highest BCUT2D eigenvalue weighted by Gasteiger charge is 2.24. The van der Waals surface area contributed by atoms with Gasteiger partial charge in [0, 0.05) is 0 Å². The number of ether oxygens (including phenoxy) is 2. The monoisotopic (exact) mass is 258 g/mol. The molecule has 0 aromatic heterocycles. The SMILES string of the molecule is COC(=O)C(O)c1c(C)cc(OC)c(Cl)c1C. The first-order valence-corrected chi connectivity index (χ1v) is 5.41. The number of hydrogen-bond donors (Lipinski definition) is 1. The summed E-state index contributed by atoms with van der Waals surface area (Å²) in [5.74, 6) is -0.195. The minimum Gasteiger partial charge on any atom is -0.495 e. The molecule has 0 amide bonds. The summed E-state index contributed by atoms with van der Waals surface area (Å²) in [6.45, 7) is 3.49. The van der Waals surface area contributed by atoms with Crippen LogP contribution in [-0.4, -0.2) is 25.3 Å². The lowest BCUT2D eigenvalue weighted by Crippen LogP contribution is -2.16. The predicted molar refractivity (Wildman–Crippen MR) is 64.5 cm³/mol. The van der Waals surface area contributed by atoms with E-state index in [0.29, 0.717) is 21.9 Å².